The van der Waals surface area contributed by atoms with Crippen LogP contribution < -0.4 is 10.6 Å². The number of hydrogen-bond acceptors (Lipinski definition) is 3. The van der Waals surface area contributed by atoms with Crippen LogP contribution in [0.15, 0.2) is 36.1 Å². The SMILES string of the molecule is C=C/C=C(\C=C(/C)O)C[C@H]1NC(=O)CNC1=O. The summed E-state index contributed by atoms with van der Waals surface area (Å²) in [6, 6.07) is -0.599. The number of aliphatic hydroxyl groups is 1. The molecular weight excluding hydrogens is 220 g/mol. The van der Waals surface area contributed by atoms with Crippen molar-refractivity contribution in [3.63, 3.8) is 0 Å². The Balaban J connectivity index is 2.76. The van der Waals surface area contributed by atoms with E-state index in [0.29, 0.717) is 6.42 Å². The molecule has 0 aromatic rings. The molecule has 0 aliphatic carbocycles. The van der Waals surface area contributed by atoms with Crippen LogP contribution in [-0.2, 0) is 9.59 Å². The van der Waals surface area contributed by atoms with E-state index in [1.165, 1.54) is 13.0 Å². The lowest BCUT2D eigenvalue weighted by Gasteiger charge is -2.23. The van der Waals surface area contributed by atoms with Gasteiger partial charge in [-0.25, -0.2) is 0 Å². The Kier molecular flexibility index (Phi) is 4.51. The normalized spacial score (nSPS) is 21.8. The fourth-order valence-corrected chi connectivity index (χ4v) is 1.58. The highest BCUT2D eigenvalue weighted by Gasteiger charge is 2.26. The van der Waals surface area contributed by atoms with E-state index >= 15 is 0 Å². The molecule has 92 valence electrons. The number of piperazine rings is 1. The molecule has 0 aromatic carbocycles. The average molecular weight is 236 g/mol. The molecule has 0 aromatic heterocycles. The van der Waals surface area contributed by atoms with E-state index in [4.69, 9.17) is 0 Å². The summed E-state index contributed by atoms with van der Waals surface area (Å²) in [6.07, 6.45) is 5.11. The van der Waals surface area contributed by atoms with Crippen molar-refractivity contribution in [3.8, 4) is 0 Å². The number of carbonyl (C=O) groups excluding carboxylic acids is 2. The van der Waals surface area contributed by atoms with E-state index < -0.39 is 6.04 Å². The minimum atomic E-state index is -0.599. The lowest BCUT2D eigenvalue weighted by atomic mass is 10.0. The molecule has 2 amide bonds. The summed E-state index contributed by atoms with van der Waals surface area (Å²) in [4.78, 5) is 22.7. The van der Waals surface area contributed by atoms with Gasteiger partial charge in [-0.15, -0.1) is 0 Å². The molecule has 1 atom stereocenters. The van der Waals surface area contributed by atoms with Crippen LogP contribution in [0.4, 0.5) is 0 Å². The quantitative estimate of drug-likeness (QED) is 0.493. The fourth-order valence-electron chi connectivity index (χ4n) is 1.58. The monoisotopic (exact) mass is 236 g/mol. The van der Waals surface area contributed by atoms with Gasteiger partial charge in [-0.05, 0) is 18.6 Å². The summed E-state index contributed by atoms with van der Waals surface area (Å²) < 4.78 is 0. The van der Waals surface area contributed by atoms with E-state index in [2.05, 4.69) is 17.2 Å². The summed E-state index contributed by atoms with van der Waals surface area (Å²) in [5, 5.41) is 14.3. The van der Waals surface area contributed by atoms with Crippen LogP contribution in [0.5, 0.6) is 0 Å². The lowest BCUT2D eigenvalue weighted by molar-refractivity contribution is -0.133. The predicted octanol–water partition coefficient (Wildman–Crippen LogP) is 0.565. The van der Waals surface area contributed by atoms with Crippen LogP contribution in [0.3, 0.4) is 0 Å². The van der Waals surface area contributed by atoms with Crippen molar-refractivity contribution in [1.29, 1.82) is 0 Å². The first-order valence-electron chi connectivity index (χ1n) is 5.29. The van der Waals surface area contributed by atoms with Gasteiger partial charge >= 0.3 is 0 Å². The first-order chi connectivity index (χ1) is 8.02. The van der Waals surface area contributed by atoms with E-state index in [1.54, 1.807) is 12.2 Å². The third-order valence-electron chi connectivity index (χ3n) is 2.24. The minimum Gasteiger partial charge on any atom is -0.513 e. The summed E-state index contributed by atoms with van der Waals surface area (Å²) in [5.74, 6) is -0.290. The molecule has 17 heavy (non-hydrogen) atoms. The zero-order chi connectivity index (χ0) is 12.8. The van der Waals surface area contributed by atoms with Crippen LogP contribution in [-0.4, -0.2) is 29.5 Å². The number of hydrogen-bond donors (Lipinski definition) is 3. The molecule has 1 aliphatic heterocycles. The number of rotatable bonds is 4. The third kappa shape index (κ3) is 4.14. The molecule has 1 heterocycles. The Labute approximate surface area is 99.9 Å². The van der Waals surface area contributed by atoms with E-state index in [1.807, 2.05) is 0 Å². The molecule has 3 N–H and O–H groups in total. The van der Waals surface area contributed by atoms with Crippen molar-refractivity contribution in [3.05, 3.63) is 36.1 Å². The van der Waals surface area contributed by atoms with Gasteiger partial charge in [-0.3, -0.25) is 9.59 Å². The maximum Gasteiger partial charge on any atom is 0.243 e. The van der Waals surface area contributed by atoms with Crippen molar-refractivity contribution in [2.45, 2.75) is 19.4 Å². The number of amides is 2. The second kappa shape index (κ2) is 5.89. The molecule has 0 radical (unpaired) electrons. The summed E-state index contributed by atoms with van der Waals surface area (Å²) in [7, 11) is 0. The van der Waals surface area contributed by atoms with Gasteiger partial charge in [0.15, 0.2) is 0 Å². The highest BCUT2D eigenvalue weighted by Crippen LogP contribution is 2.11. The van der Waals surface area contributed by atoms with Crippen LogP contribution in [0.2, 0.25) is 0 Å². The van der Waals surface area contributed by atoms with Crippen LogP contribution in [0, 0.1) is 0 Å². The van der Waals surface area contributed by atoms with Crippen molar-refractivity contribution >= 4 is 11.8 Å². The molecule has 0 saturated carbocycles. The van der Waals surface area contributed by atoms with Crippen molar-refractivity contribution in [1.82, 2.24) is 10.6 Å². The van der Waals surface area contributed by atoms with E-state index in [0.717, 1.165) is 5.57 Å². The zero-order valence-electron chi connectivity index (χ0n) is 9.69. The largest absolute Gasteiger partial charge is 0.513 e. The Hall–Kier alpha value is -2.04. The molecular formula is C12H16N2O3. The standard InChI is InChI=1S/C12H16N2O3/c1-3-4-9(5-8(2)15)6-10-12(17)13-7-11(16)14-10/h3-5,10,15H,1,6-7H2,2H3,(H,13,17)(H,14,16)/b8-5+,9-4+/t10-/m1/s1. The van der Waals surface area contributed by atoms with Gasteiger partial charge in [-0.2, -0.15) is 0 Å². The molecule has 1 saturated heterocycles. The number of allylic oxidation sites excluding steroid dienone is 4. The predicted molar refractivity (Wildman–Crippen MR) is 64.2 cm³/mol. The van der Waals surface area contributed by atoms with Gasteiger partial charge in [-0.1, -0.05) is 18.7 Å². The van der Waals surface area contributed by atoms with Crippen LogP contribution in [0.25, 0.3) is 0 Å². The van der Waals surface area contributed by atoms with E-state index in [-0.39, 0.29) is 24.1 Å². The van der Waals surface area contributed by atoms with Crippen molar-refractivity contribution in [2.75, 3.05) is 6.54 Å². The fraction of sp³-hybridized carbons (Fsp3) is 0.333. The first-order valence-corrected chi connectivity index (χ1v) is 5.29. The van der Waals surface area contributed by atoms with Gasteiger partial charge in [0.1, 0.15) is 6.04 Å². The van der Waals surface area contributed by atoms with E-state index in [9.17, 15) is 14.7 Å². The zero-order valence-corrected chi connectivity index (χ0v) is 9.69. The first kappa shape index (κ1) is 13.0. The number of nitrogens with one attached hydrogen (secondary N) is 2. The van der Waals surface area contributed by atoms with Crippen LogP contribution in [0.1, 0.15) is 13.3 Å². The second-order valence-electron chi connectivity index (χ2n) is 3.81. The van der Waals surface area contributed by atoms with Gasteiger partial charge in [0.05, 0.1) is 12.3 Å². The molecule has 5 heteroatoms. The van der Waals surface area contributed by atoms with Crippen molar-refractivity contribution in [2.24, 2.45) is 0 Å². The number of carbonyl (C=O) groups is 2. The van der Waals surface area contributed by atoms with Gasteiger partial charge in [0, 0.05) is 6.42 Å². The summed E-state index contributed by atoms with van der Waals surface area (Å²) in [5.41, 5.74) is 0.724. The summed E-state index contributed by atoms with van der Waals surface area (Å²) in [6.45, 7) is 5.12. The second-order valence-corrected chi connectivity index (χ2v) is 3.81. The van der Waals surface area contributed by atoms with Crippen LogP contribution >= 0.6 is 0 Å². The van der Waals surface area contributed by atoms with Gasteiger partial charge < -0.3 is 15.7 Å². The van der Waals surface area contributed by atoms with Gasteiger partial charge in [0.25, 0.3) is 0 Å². The highest BCUT2D eigenvalue weighted by molar-refractivity contribution is 5.94. The topological polar surface area (TPSA) is 78.4 Å². The highest BCUT2D eigenvalue weighted by atomic mass is 16.3. The molecule has 1 rings (SSSR count). The summed E-state index contributed by atoms with van der Waals surface area (Å²) >= 11 is 0. The Morgan fingerprint density at radius 3 is 2.88 bits per heavy atom. The maximum atomic E-state index is 11.5. The molecule has 0 unspecified atom stereocenters. The molecule has 0 bridgehead atoms. The lowest BCUT2D eigenvalue weighted by Crippen LogP contribution is -2.56. The maximum absolute atomic E-state index is 11.5. The number of aliphatic hydroxyl groups excluding tert-OH is 1. The third-order valence-corrected chi connectivity index (χ3v) is 2.24. The Morgan fingerprint density at radius 1 is 1.59 bits per heavy atom. The van der Waals surface area contributed by atoms with Crippen molar-refractivity contribution < 1.29 is 14.7 Å². The van der Waals surface area contributed by atoms with Gasteiger partial charge in [0.2, 0.25) is 11.8 Å². The molecule has 1 fully saturated rings. The molecule has 1 aliphatic rings. The minimum absolute atomic E-state index is 0.0186. The molecule has 5 nitrogen and oxygen atoms in total. The Bertz CT molecular complexity index is 393. The molecule has 0 spiro atoms. The Morgan fingerprint density at radius 2 is 2.29 bits per heavy atom. The smallest absolute Gasteiger partial charge is 0.243 e. The average Bonchev–Trinajstić information content (AvgIpc) is 2.23.